The Morgan fingerprint density at radius 2 is 1.87 bits per heavy atom. The molecule has 0 aromatic carbocycles. The molecule has 2 aromatic rings. The van der Waals surface area contributed by atoms with E-state index in [1.807, 2.05) is 0 Å². The van der Waals surface area contributed by atoms with Crippen LogP contribution in [-0.2, 0) is 0 Å². The summed E-state index contributed by atoms with van der Waals surface area (Å²) in [5.74, 6) is 1.16. The first-order valence-electron chi connectivity index (χ1n) is 8.51. The van der Waals surface area contributed by atoms with Crippen LogP contribution in [0.2, 0.25) is 0 Å². The zero-order valence-corrected chi connectivity index (χ0v) is 13.1. The Morgan fingerprint density at radius 1 is 1.13 bits per heavy atom. The largest absolute Gasteiger partial charge is 0.336 e. The molecule has 7 heteroatoms. The minimum Gasteiger partial charge on any atom is -0.324 e. The number of fused-ring (bicyclic) bond motifs is 1. The Morgan fingerprint density at radius 3 is 2.61 bits per heavy atom. The van der Waals surface area contributed by atoms with Crippen molar-refractivity contribution in [2.75, 3.05) is 13.1 Å². The van der Waals surface area contributed by atoms with Gasteiger partial charge in [-0.3, -0.25) is 4.98 Å². The van der Waals surface area contributed by atoms with Gasteiger partial charge in [-0.1, -0.05) is 19.3 Å². The van der Waals surface area contributed by atoms with Crippen LogP contribution < -0.4 is 5.69 Å². The Labute approximate surface area is 133 Å². The number of nitrogens with zero attached hydrogens (tertiary/aromatic N) is 4. The van der Waals surface area contributed by atoms with E-state index in [1.54, 1.807) is 11.1 Å². The smallest absolute Gasteiger partial charge is 0.324 e. The first kappa shape index (κ1) is 14.4. The fourth-order valence-electron chi connectivity index (χ4n) is 3.71. The first-order valence-corrected chi connectivity index (χ1v) is 8.51. The highest BCUT2D eigenvalue weighted by atomic mass is 16.2. The van der Waals surface area contributed by atoms with Gasteiger partial charge in [-0.25, -0.2) is 24.1 Å². The third-order valence-electron chi connectivity index (χ3n) is 5.00. The van der Waals surface area contributed by atoms with Gasteiger partial charge in [0.2, 0.25) is 0 Å². The summed E-state index contributed by atoms with van der Waals surface area (Å²) in [5, 5.41) is 0. The SMILES string of the molecule is O=C(N1CCCC1)n1c(=O)[nH]c2nc(C3CCCCC3)ncc21. The van der Waals surface area contributed by atoms with Crippen LogP contribution in [0.4, 0.5) is 4.79 Å². The number of imidazole rings is 1. The molecule has 0 unspecified atom stereocenters. The molecule has 1 amide bonds. The van der Waals surface area contributed by atoms with Crippen LogP contribution in [0.3, 0.4) is 0 Å². The van der Waals surface area contributed by atoms with Crippen LogP contribution in [0.15, 0.2) is 11.0 Å². The molecule has 2 fully saturated rings. The maximum Gasteiger partial charge on any atom is 0.336 e. The molecule has 0 atom stereocenters. The molecule has 1 aliphatic carbocycles. The lowest BCUT2D eigenvalue weighted by molar-refractivity contribution is 0.210. The normalized spacial score (nSPS) is 19.6. The summed E-state index contributed by atoms with van der Waals surface area (Å²) >= 11 is 0. The number of carbonyl (C=O) groups is 1. The van der Waals surface area contributed by atoms with Gasteiger partial charge in [0.15, 0.2) is 5.65 Å². The van der Waals surface area contributed by atoms with E-state index in [1.165, 1.54) is 23.8 Å². The third-order valence-corrected chi connectivity index (χ3v) is 5.00. The number of amides is 1. The van der Waals surface area contributed by atoms with Crippen LogP contribution in [0.5, 0.6) is 0 Å². The number of rotatable bonds is 1. The molecular formula is C16H21N5O2. The van der Waals surface area contributed by atoms with Crippen molar-refractivity contribution in [2.24, 2.45) is 0 Å². The van der Waals surface area contributed by atoms with Gasteiger partial charge in [-0.15, -0.1) is 0 Å². The summed E-state index contributed by atoms with van der Waals surface area (Å²) in [6, 6.07) is -0.271. The lowest BCUT2D eigenvalue weighted by Crippen LogP contribution is -2.37. The van der Waals surface area contributed by atoms with E-state index in [0.717, 1.165) is 31.5 Å². The summed E-state index contributed by atoms with van der Waals surface area (Å²) in [6.07, 6.45) is 9.49. The minimum absolute atomic E-state index is 0.271. The highest BCUT2D eigenvalue weighted by Crippen LogP contribution is 2.30. The summed E-state index contributed by atoms with van der Waals surface area (Å²) in [7, 11) is 0. The molecule has 1 aliphatic heterocycles. The summed E-state index contributed by atoms with van der Waals surface area (Å²) < 4.78 is 1.17. The number of hydrogen-bond acceptors (Lipinski definition) is 4. The fourth-order valence-corrected chi connectivity index (χ4v) is 3.71. The molecule has 1 saturated heterocycles. The van der Waals surface area contributed by atoms with E-state index in [-0.39, 0.29) is 6.03 Å². The van der Waals surface area contributed by atoms with Gasteiger partial charge >= 0.3 is 11.7 Å². The van der Waals surface area contributed by atoms with Gasteiger partial charge in [-0.2, -0.15) is 0 Å². The molecule has 122 valence electrons. The molecule has 3 heterocycles. The van der Waals surface area contributed by atoms with Gasteiger partial charge in [0.1, 0.15) is 11.3 Å². The molecular weight excluding hydrogens is 294 g/mol. The van der Waals surface area contributed by atoms with E-state index in [9.17, 15) is 9.59 Å². The van der Waals surface area contributed by atoms with Crippen molar-refractivity contribution >= 4 is 17.2 Å². The number of carbonyl (C=O) groups excluding carboxylic acids is 1. The molecule has 1 N–H and O–H groups in total. The van der Waals surface area contributed by atoms with Gasteiger partial charge in [0.05, 0.1) is 6.20 Å². The van der Waals surface area contributed by atoms with Crippen LogP contribution in [-0.4, -0.2) is 43.5 Å². The van der Waals surface area contributed by atoms with Crippen LogP contribution >= 0.6 is 0 Å². The van der Waals surface area contributed by atoms with Gasteiger partial charge in [-0.05, 0) is 25.7 Å². The molecule has 4 rings (SSSR count). The molecule has 0 bridgehead atoms. The predicted octanol–water partition coefficient (Wildman–Crippen LogP) is 2.23. The first-order chi connectivity index (χ1) is 11.2. The number of H-pyrrole nitrogens is 1. The second-order valence-corrected chi connectivity index (χ2v) is 6.54. The van der Waals surface area contributed by atoms with E-state index in [4.69, 9.17) is 0 Å². The zero-order chi connectivity index (χ0) is 15.8. The number of aromatic amines is 1. The van der Waals surface area contributed by atoms with E-state index in [0.29, 0.717) is 30.2 Å². The van der Waals surface area contributed by atoms with E-state index < -0.39 is 5.69 Å². The van der Waals surface area contributed by atoms with E-state index in [2.05, 4.69) is 15.0 Å². The van der Waals surface area contributed by atoms with Gasteiger partial charge in [0.25, 0.3) is 0 Å². The van der Waals surface area contributed by atoms with Gasteiger partial charge in [0, 0.05) is 19.0 Å². The Kier molecular flexibility index (Phi) is 3.63. The van der Waals surface area contributed by atoms with Crippen molar-refractivity contribution in [3.05, 3.63) is 22.5 Å². The number of aromatic nitrogens is 4. The molecule has 2 aromatic heterocycles. The Hall–Kier alpha value is -2.18. The summed E-state index contributed by atoms with van der Waals surface area (Å²) in [4.78, 5) is 38.2. The highest BCUT2D eigenvalue weighted by molar-refractivity contribution is 5.87. The van der Waals surface area contributed by atoms with Crippen molar-refractivity contribution in [1.29, 1.82) is 0 Å². The van der Waals surface area contributed by atoms with Crippen molar-refractivity contribution in [1.82, 2.24) is 24.4 Å². The lowest BCUT2D eigenvalue weighted by Gasteiger charge is -2.19. The average Bonchev–Trinajstić information content (AvgIpc) is 3.21. The number of likely N-dealkylation sites (tertiary alicyclic amines) is 1. The number of nitrogens with one attached hydrogen (secondary N) is 1. The van der Waals surface area contributed by atoms with Gasteiger partial charge < -0.3 is 4.90 Å². The van der Waals surface area contributed by atoms with Crippen LogP contribution in [0, 0.1) is 0 Å². The van der Waals surface area contributed by atoms with Crippen LogP contribution in [0.1, 0.15) is 56.7 Å². The fraction of sp³-hybridized carbons (Fsp3) is 0.625. The number of hydrogen-bond donors (Lipinski definition) is 1. The minimum atomic E-state index is -0.424. The second kappa shape index (κ2) is 5.79. The Bertz CT molecular complexity index is 781. The third kappa shape index (κ3) is 2.54. The quantitative estimate of drug-likeness (QED) is 0.874. The molecule has 23 heavy (non-hydrogen) atoms. The van der Waals surface area contributed by atoms with Crippen molar-refractivity contribution < 1.29 is 4.79 Å². The standard InChI is InChI=1S/C16H21N5O2/c22-15-19-14-12(21(15)16(23)20-8-4-5-9-20)10-17-13(18-14)11-6-2-1-3-7-11/h10-11H,1-9H2,(H,17,18,19,22). The lowest BCUT2D eigenvalue weighted by atomic mass is 9.89. The molecule has 7 nitrogen and oxygen atoms in total. The molecule has 0 spiro atoms. The van der Waals surface area contributed by atoms with E-state index >= 15 is 0 Å². The zero-order valence-electron chi connectivity index (χ0n) is 13.1. The molecule has 0 radical (unpaired) electrons. The average molecular weight is 315 g/mol. The Balaban J connectivity index is 1.71. The van der Waals surface area contributed by atoms with Crippen molar-refractivity contribution in [3.8, 4) is 0 Å². The summed E-state index contributed by atoms with van der Waals surface area (Å²) in [5.41, 5.74) is 0.525. The molecule has 2 aliphatic rings. The monoisotopic (exact) mass is 315 g/mol. The molecule has 1 saturated carbocycles. The maximum absolute atomic E-state index is 12.5. The second-order valence-electron chi connectivity index (χ2n) is 6.54. The topological polar surface area (TPSA) is 83.9 Å². The van der Waals surface area contributed by atoms with Crippen molar-refractivity contribution in [3.63, 3.8) is 0 Å². The summed E-state index contributed by atoms with van der Waals surface area (Å²) in [6.45, 7) is 1.41. The van der Waals surface area contributed by atoms with Crippen molar-refractivity contribution in [2.45, 2.75) is 50.9 Å². The highest BCUT2D eigenvalue weighted by Gasteiger charge is 2.25. The van der Waals surface area contributed by atoms with Crippen LogP contribution in [0.25, 0.3) is 11.2 Å². The predicted molar refractivity (Wildman–Crippen MR) is 85.6 cm³/mol. The maximum atomic E-state index is 12.5.